The summed E-state index contributed by atoms with van der Waals surface area (Å²) in [5.74, 6) is -0.0876. The number of carbonyl (C=O) groups excluding carboxylic acids is 2. The first-order valence-corrected chi connectivity index (χ1v) is 6.93. The summed E-state index contributed by atoms with van der Waals surface area (Å²) < 4.78 is 6.10. The SMILES string of the molecule is CC(=O)Oc1c(Br)cc(C(=O)CBr)cc1Br. The summed E-state index contributed by atoms with van der Waals surface area (Å²) in [6.45, 7) is 1.32. The maximum absolute atomic E-state index is 11.5. The normalized spacial score (nSPS) is 10.0. The molecule has 0 unspecified atom stereocenters. The minimum Gasteiger partial charge on any atom is -0.424 e. The van der Waals surface area contributed by atoms with E-state index in [4.69, 9.17) is 4.74 Å². The van der Waals surface area contributed by atoms with Crippen LogP contribution in [0.4, 0.5) is 0 Å². The van der Waals surface area contributed by atoms with Crippen molar-refractivity contribution in [2.75, 3.05) is 5.33 Å². The predicted octanol–water partition coefficient (Wildman–Crippen LogP) is 3.71. The summed E-state index contributed by atoms with van der Waals surface area (Å²) in [4.78, 5) is 22.3. The van der Waals surface area contributed by atoms with Crippen LogP contribution in [-0.4, -0.2) is 17.1 Å². The Balaban J connectivity index is 3.17. The Labute approximate surface area is 118 Å². The Morgan fingerprint density at radius 1 is 1.25 bits per heavy atom. The average molecular weight is 415 g/mol. The van der Waals surface area contributed by atoms with Crippen molar-refractivity contribution in [3.8, 4) is 5.75 Å². The van der Waals surface area contributed by atoms with Crippen LogP contribution in [0.1, 0.15) is 17.3 Å². The Morgan fingerprint density at radius 3 is 2.12 bits per heavy atom. The van der Waals surface area contributed by atoms with E-state index in [2.05, 4.69) is 47.8 Å². The Morgan fingerprint density at radius 2 is 1.75 bits per heavy atom. The fourth-order valence-corrected chi connectivity index (χ4v) is 2.71. The number of halogens is 3. The van der Waals surface area contributed by atoms with Gasteiger partial charge in [-0.25, -0.2) is 0 Å². The molecule has 0 amide bonds. The molecule has 1 rings (SSSR count). The molecule has 0 bridgehead atoms. The summed E-state index contributed by atoms with van der Waals surface area (Å²) >= 11 is 9.59. The van der Waals surface area contributed by atoms with Gasteiger partial charge in [-0.15, -0.1) is 0 Å². The number of esters is 1. The van der Waals surface area contributed by atoms with E-state index >= 15 is 0 Å². The fraction of sp³-hybridized carbons (Fsp3) is 0.200. The van der Waals surface area contributed by atoms with Crippen LogP contribution in [0.15, 0.2) is 21.1 Å². The van der Waals surface area contributed by atoms with Gasteiger partial charge in [-0.2, -0.15) is 0 Å². The van der Waals surface area contributed by atoms with Gasteiger partial charge in [-0.05, 0) is 44.0 Å². The van der Waals surface area contributed by atoms with Crippen LogP contribution < -0.4 is 4.74 Å². The number of hydrogen-bond donors (Lipinski definition) is 0. The lowest BCUT2D eigenvalue weighted by Gasteiger charge is -2.08. The van der Waals surface area contributed by atoms with Gasteiger partial charge in [0.05, 0.1) is 14.3 Å². The van der Waals surface area contributed by atoms with Gasteiger partial charge in [-0.1, -0.05) is 15.9 Å². The van der Waals surface area contributed by atoms with Crippen molar-refractivity contribution in [1.29, 1.82) is 0 Å². The molecule has 0 saturated heterocycles. The van der Waals surface area contributed by atoms with E-state index in [0.717, 1.165) is 0 Å². The van der Waals surface area contributed by atoms with Crippen molar-refractivity contribution < 1.29 is 14.3 Å². The van der Waals surface area contributed by atoms with Crippen LogP contribution in [-0.2, 0) is 4.79 Å². The quantitative estimate of drug-likeness (QED) is 0.328. The van der Waals surface area contributed by atoms with Crippen LogP contribution in [0.5, 0.6) is 5.75 Å². The third-order valence-corrected chi connectivity index (χ3v) is 3.37. The maximum Gasteiger partial charge on any atom is 0.308 e. The molecule has 0 aliphatic heterocycles. The van der Waals surface area contributed by atoms with Crippen molar-refractivity contribution in [1.82, 2.24) is 0 Å². The number of carbonyl (C=O) groups is 2. The average Bonchev–Trinajstić information content (AvgIpc) is 2.21. The molecule has 3 nitrogen and oxygen atoms in total. The van der Waals surface area contributed by atoms with Gasteiger partial charge in [0.25, 0.3) is 0 Å². The van der Waals surface area contributed by atoms with Crippen molar-refractivity contribution in [2.45, 2.75) is 6.92 Å². The molecule has 1 aromatic rings. The smallest absolute Gasteiger partial charge is 0.308 e. The van der Waals surface area contributed by atoms with Crippen molar-refractivity contribution in [3.05, 3.63) is 26.6 Å². The molecule has 0 fully saturated rings. The zero-order chi connectivity index (χ0) is 12.3. The summed E-state index contributed by atoms with van der Waals surface area (Å²) in [7, 11) is 0. The maximum atomic E-state index is 11.5. The van der Waals surface area contributed by atoms with E-state index in [-0.39, 0.29) is 11.1 Å². The molecular formula is C10H7Br3O3. The lowest BCUT2D eigenvalue weighted by molar-refractivity contribution is -0.131. The first-order chi connectivity index (χ1) is 7.45. The summed E-state index contributed by atoms with van der Waals surface area (Å²) in [6.07, 6.45) is 0. The van der Waals surface area contributed by atoms with E-state index < -0.39 is 5.97 Å². The van der Waals surface area contributed by atoms with Crippen LogP contribution in [0, 0.1) is 0 Å². The Kier molecular flexibility index (Phi) is 5.14. The predicted molar refractivity (Wildman–Crippen MR) is 71.3 cm³/mol. The Hall–Kier alpha value is -0.200. The number of ketones is 1. The standard InChI is InChI=1S/C10H7Br3O3/c1-5(14)16-10-7(12)2-6(3-8(10)13)9(15)4-11/h2-3H,4H2,1H3. The lowest BCUT2D eigenvalue weighted by atomic mass is 10.1. The molecule has 0 radical (unpaired) electrons. The van der Waals surface area contributed by atoms with Crippen LogP contribution in [0.3, 0.4) is 0 Å². The number of hydrogen-bond acceptors (Lipinski definition) is 3. The van der Waals surface area contributed by atoms with Gasteiger partial charge in [0.2, 0.25) is 0 Å². The molecule has 0 aliphatic carbocycles. The van der Waals surface area contributed by atoms with E-state index in [1.54, 1.807) is 12.1 Å². The van der Waals surface area contributed by atoms with E-state index in [9.17, 15) is 9.59 Å². The number of benzene rings is 1. The molecule has 0 spiro atoms. The number of alkyl halides is 1. The van der Waals surface area contributed by atoms with Gasteiger partial charge in [0.1, 0.15) is 0 Å². The molecule has 6 heteroatoms. The van der Waals surface area contributed by atoms with Crippen LogP contribution in [0.25, 0.3) is 0 Å². The third kappa shape index (κ3) is 3.40. The van der Waals surface area contributed by atoms with E-state index in [0.29, 0.717) is 20.3 Å². The first kappa shape index (κ1) is 13.9. The van der Waals surface area contributed by atoms with Gasteiger partial charge >= 0.3 is 5.97 Å². The lowest BCUT2D eigenvalue weighted by Crippen LogP contribution is -2.05. The molecule has 86 valence electrons. The minimum absolute atomic E-state index is 0.0456. The van der Waals surface area contributed by atoms with Crippen LogP contribution >= 0.6 is 47.8 Å². The zero-order valence-corrected chi connectivity index (χ0v) is 13.0. The minimum atomic E-state index is -0.416. The highest BCUT2D eigenvalue weighted by atomic mass is 79.9. The number of Topliss-reactive ketones (excluding diaryl/α,β-unsaturated/α-hetero) is 1. The second kappa shape index (κ2) is 5.93. The largest absolute Gasteiger partial charge is 0.424 e. The van der Waals surface area contributed by atoms with E-state index in [1.807, 2.05) is 0 Å². The first-order valence-electron chi connectivity index (χ1n) is 4.22. The fourth-order valence-electron chi connectivity index (χ4n) is 1.04. The van der Waals surface area contributed by atoms with Gasteiger partial charge < -0.3 is 4.74 Å². The zero-order valence-electron chi connectivity index (χ0n) is 8.22. The van der Waals surface area contributed by atoms with Gasteiger partial charge in [-0.3, -0.25) is 9.59 Å². The molecule has 0 saturated carbocycles. The number of ether oxygens (including phenoxy) is 1. The third-order valence-electron chi connectivity index (χ3n) is 1.69. The second-order valence-corrected chi connectivity index (χ2v) is 5.19. The summed E-state index contributed by atoms with van der Waals surface area (Å²) in [5.41, 5.74) is 0.534. The van der Waals surface area contributed by atoms with Gasteiger partial charge in [0, 0.05) is 12.5 Å². The second-order valence-electron chi connectivity index (χ2n) is 2.92. The molecule has 0 N–H and O–H groups in total. The Bertz CT molecular complexity index is 420. The summed E-state index contributed by atoms with van der Waals surface area (Å²) in [6, 6.07) is 3.24. The van der Waals surface area contributed by atoms with Crippen molar-refractivity contribution in [3.63, 3.8) is 0 Å². The van der Waals surface area contributed by atoms with Crippen molar-refractivity contribution in [2.24, 2.45) is 0 Å². The molecule has 0 aliphatic rings. The number of rotatable bonds is 3. The van der Waals surface area contributed by atoms with Crippen LogP contribution in [0.2, 0.25) is 0 Å². The highest BCUT2D eigenvalue weighted by Crippen LogP contribution is 2.35. The highest BCUT2D eigenvalue weighted by molar-refractivity contribution is 9.11. The monoisotopic (exact) mass is 412 g/mol. The topological polar surface area (TPSA) is 43.4 Å². The molecule has 0 atom stereocenters. The van der Waals surface area contributed by atoms with E-state index in [1.165, 1.54) is 6.92 Å². The molecule has 0 aromatic heterocycles. The molecule has 1 aromatic carbocycles. The van der Waals surface area contributed by atoms with Crippen molar-refractivity contribution >= 4 is 59.5 Å². The highest BCUT2D eigenvalue weighted by Gasteiger charge is 2.14. The summed E-state index contributed by atoms with van der Waals surface area (Å²) in [5, 5.41) is 0.249. The molecular weight excluding hydrogens is 408 g/mol. The van der Waals surface area contributed by atoms with Gasteiger partial charge in [0.15, 0.2) is 11.5 Å². The molecule has 0 heterocycles. The molecule has 16 heavy (non-hydrogen) atoms.